The van der Waals surface area contributed by atoms with Crippen molar-refractivity contribution in [3.05, 3.63) is 84.9 Å². The normalized spacial score (nSPS) is 10.5. The van der Waals surface area contributed by atoms with Crippen LogP contribution in [0.25, 0.3) is 0 Å². The zero-order chi connectivity index (χ0) is 16.1. The number of benzene rings is 3. The maximum atomic E-state index is 11.1. The van der Waals surface area contributed by atoms with E-state index in [1.165, 1.54) is 21.6 Å². The molecule has 0 amide bonds. The zero-order valence-corrected chi connectivity index (χ0v) is 13.6. The van der Waals surface area contributed by atoms with Gasteiger partial charge in [-0.3, -0.25) is 4.79 Å². The number of hydrogen-bond donors (Lipinski definition) is 0. The quantitative estimate of drug-likeness (QED) is 0.395. The first-order valence-electron chi connectivity index (χ1n) is 7.37. The van der Waals surface area contributed by atoms with Crippen molar-refractivity contribution in [1.82, 2.24) is 0 Å². The third-order valence-electron chi connectivity index (χ3n) is 3.28. The fourth-order valence-corrected chi connectivity index (χ4v) is 4.41. The lowest BCUT2D eigenvalue weighted by atomic mass is 10.3. The van der Waals surface area contributed by atoms with Crippen LogP contribution < -0.4 is 4.74 Å². The first-order chi connectivity index (χ1) is 11.2. The molecular weight excluding hydrogens is 304 g/mol. The molecule has 0 atom stereocenters. The van der Waals surface area contributed by atoms with Crippen molar-refractivity contribution >= 4 is 16.9 Å². The molecule has 0 radical (unpaired) electrons. The second kappa shape index (κ2) is 7.16. The van der Waals surface area contributed by atoms with Crippen LogP contribution in [0.2, 0.25) is 0 Å². The molecular formula is C20H17O2S+. The van der Waals surface area contributed by atoms with Gasteiger partial charge in [-0.2, -0.15) is 0 Å². The van der Waals surface area contributed by atoms with Crippen LogP contribution >= 0.6 is 0 Å². The van der Waals surface area contributed by atoms with Crippen LogP contribution in [0, 0.1) is 0 Å². The summed E-state index contributed by atoms with van der Waals surface area (Å²) >= 11 is 0. The van der Waals surface area contributed by atoms with Crippen LogP contribution in [0.4, 0.5) is 0 Å². The van der Waals surface area contributed by atoms with Crippen molar-refractivity contribution < 1.29 is 9.53 Å². The van der Waals surface area contributed by atoms with Crippen molar-refractivity contribution in [2.45, 2.75) is 21.6 Å². The van der Waals surface area contributed by atoms with Gasteiger partial charge in [0, 0.05) is 6.92 Å². The second-order valence-corrected chi connectivity index (χ2v) is 7.02. The Morgan fingerprint density at radius 3 is 1.57 bits per heavy atom. The zero-order valence-electron chi connectivity index (χ0n) is 12.8. The minimum atomic E-state index is -0.303. The molecule has 0 heterocycles. The Balaban J connectivity index is 2.00. The largest absolute Gasteiger partial charge is 0.427 e. The summed E-state index contributed by atoms with van der Waals surface area (Å²) in [5.41, 5.74) is 0. The minimum Gasteiger partial charge on any atom is -0.427 e. The maximum absolute atomic E-state index is 11.1. The fraction of sp³-hybridized carbons (Fsp3) is 0.0500. The molecule has 0 N–H and O–H groups in total. The molecule has 3 rings (SSSR count). The molecule has 0 spiro atoms. The van der Waals surface area contributed by atoms with E-state index in [1.54, 1.807) is 0 Å². The number of esters is 1. The molecule has 0 aliphatic rings. The minimum absolute atomic E-state index is 0.176. The second-order valence-electron chi connectivity index (χ2n) is 5.00. The molecule has 0 saturated carbocycles. The van der Waals surface area contributed by atoms with Gasteiger partial charge in [0.05, 0.1) is 10.9 Å². The highest BCUT2D eigenvalue weighted by atomic mass is 32.2. The summed E-state index contributed by atoms with van der Waals surface area (Å²) in [5.74, 6) is 0.272. The Labute approximate surface area is 139 Å². The smallest absolute Gasteiger partial charge is 0.308 e. The molecule has 0 aliphatic carbocycles. The summed E-state index contributed by atoms with van der Waals surface area (Å²) in [6, 6.07) is 28.7. The monoisotopic (exact) mass is 321 g/mol. The van der Waals surface area contributed by atoms with Gasteiger partial charge in [0.25, 0.3) is 0 Å². The van der Waals surface area contributed by atoms with E-state index in [0.29, 0.717) is 5.75 Å². The number of ether oxygens (including phenoxy) is 1. The van der Waals surface area contributed by atoms with Crippen LogP contribution in [0.3, 0.4) is 0 Å². The number of rotatable bonds is 4. The molecule has 0 unspecified atom stereocenters. The predicted octanol–water partition coefficient (Wildman–Crippen LogP) is 4.71. The Hall–Kier alpha value is -2.52. The molecule has 3 aromatic carbocycles. The molecule has 3 heteroatoms. The number of carbonyl (C=O) groups excluding carboxylic acids is 1. The molecule has 23 heavy (non-hydrogen) atoms. The van der Waals surface area contributed by atoms with E-state index in [9.17, 15) is 4.79 Å². The standard InChI is InChI=1S/C20H17O2S/c1-16(21)22-17-12-14-20(15-13-17)23(18-8-4-2-5-9-18)19-10-6-3-7-11-19/h2-15H,1H3/q+1. The van der Waals surface area contributed by atoms with Crippen molar-refractivity contribution in [2.75, 3.05) is 0 Å². The highest BCUT2D eigenvalue weighted by Crippen LogP contribution is 2.31. The lowest BCUT2D eigenvalue weighted by Crippen LogP contribution is -2.05. The van der Waals surface area contributed by atoms with Crippen molar-refractivity contribution in [1.29, 1.82) is 0 Å². The SMILES string of the molecule is CC(=O)Oc1ccc([S+](c2ccccc2)c2ccccc2)cc1. The summed E-state index contributed by atoms with van der Waals surface area (Å²) in [4.78, 5) is 14.8. The van der Waals surface area contributed by atoms with Crippen LogP contribution in [0.15, 0.2) is 99.6 Å². The highest BCUT2D eigenvalue weighted by molar-refractivity contribution is 7.97. The number of carbonyl (C=O) groups is 1. The lowest BCUT2D eigenvalue weighted by Gasteiger charge is -2.08. The van der Waals surface area contributed by atoms with Gasteiger partial charge in [0.1, 0.15) is 5.75 Å². The molecule has 0 aromatic heterocycles. The van der Waals surface area contributed by atoms with Crippen molar-refractivity contribution in [3.8, 4) is 5.75 Å². The molecule has 114 valence electrons. The van der Waals surface area contributed by atoms with E-state index in [2.05, 4.69) is 48.5 Å². The summed E-state index contributed by atoms with van der Waals surface area (Å²) < 4.78 is 5.12. The molecule has 3 aromatic rings. The Bertz CT molecular complexity index is 728. The molecule has 0 bridgehead atoms. The van der Waals surface area contributed by atoms with Crippen molar-refractivity contribution in [3.63, 3.8) is 0 Å². The average Bonchev–Trinajstić information content (AvgIpc) is 2.58. The Kier molecular flexibility index (Phi) is 4.79. The van der Waals surface area contributed by atoms with Crippen LogP contribution in [0.1, 0.15) is 6.92 Å². The topological polar surface area (TPSA) is 26.3 Å². The van der Waals surface area contributed by atoms with E-state index in [0.717, 1.165) is 0 Å². The molecule has 0 fully saturated rings. The van der Waals surface area contributed by atoms with Crippen LogP contribution in [0.5, 0.6) is 5.75 Å². The number of hydrogen-bond acceptors (Lipinski definition) is 2. The highest BCUT2D eigenvalue weighted by Gasteiger charge is 2.28. The first kappa shape index (κ1) is 15.4. The van der Waals surface area contributed by atoms with E-state index in [1.807, 2.05) is 36.4 Å². The maximum Gasteiger partial charge on any atom is 0.308 e. The van der Waals surface area contributed by atoms with Gasteiger partial charge in [-0.1, -0.05) is 36.4 Å². The average molecular weight is 321 g/mol. The lowest BCUT2D eigenvalue weighted by molar-refractivity contribution is -0.131. The van der Waals surface area contributed by atoms with Gasteiger partial charge in [0.15, 0.2) is 14.7 Å². The van der Waals surface area contributed by atoms with E-state index >= 15 is 0 Å². The first-order valence-corrected chi connectivity index (χ1v) is 8.59. The van der Waals surface area contributed by atoms with Gasteiger partial charge in [-0.25, -0.2) is 0 Å². The summed E-state index contributed by atoms with van der Waals surface area (Å²) in [6.07, 6.45) is 0. The summed E-state index contributed by atoms with van der Waals surface area (Å²) in [6.45, 7) is 1.41. The fourth-order valence-electron chi connectivity index (χ4n) is 2.33. The van der Waals surface area contributed by atoms with Crippen LogP contribution in [-0.4, -0.2) is 5.97 Å². The third kappa shape index (κ3) is 3.82. The van der Waals surface area contributed by atoms with E-state index in [4.69, 9.17) is 4.74 Å². The van der Waals surface area contributed by atoms with Gasteiger partial charge in [0.2, 0.25) is 0 Å². The van der Waals surface area contributed by atoms with Crippen molar-refractivity contribution in [2.24, 2.45) is 0 Å². The summed E-state index contributed by atoms with van der Waals surface area (Å²) in [7, 11) is -0.176. The molecule has 2 nitrogen and oxygen atoms in total. The molecule has 0 saturated heterocycles. The Morgan fingerprint density at radius 2 is 1.13 bits per heavy atom. The van der Waals surface area contributed by atoms with Gasteiger partial charge < -0.3 is 4.74 Å². The Morgan fingerprint density at radius 1 is 0.696 bits per heavy atom. The van der Waals surface area contributed by atoms with E-state index in [-0.39, 0.29) is 16.9 Å². The van der Waals surface area contributed by atoms with Gasteiger partial charge >= 0.3 is 5.97 Å². The van der Waals surface area contributed by atoms with Crippen LogP contribution in [-0.2, 0) is 15.7 Å². The van der Waals surface area contributed by atoms with Gasteiger partial charge in [-0.05, 0) is 48.5 Å². The third-order valence-corrected chi connectivity index (χ3v) is 5.51. The molecule has 0 aliphatic heterocycles. The van der Waals surface area contributed by atoms with E-state index < -0.39 is 0 Å². The summed E-state index contributed by atoms with van der Waals surface area (Å²) in [5, 5.41) is 0. The predicted molar refractivity (Wildman–Crippen MR) is 92.8 cm³/mol. The van der Waals surface area contributed by atoms with Gasteiger partial charge in [-0.15, -0.1) is 0 Å².